The normalized spacial score (nSPS) is 17.1. The fourth-order valence-electron chi connectivity index (χ4n) is 3.98. The van der Waals surface area contributed by atoms with Crippen molar-refractivity contribution in [3.63, 3.8) is 0 Å². The summed E-state index contributed by atoms with van der Waals surface area (Å²) in [6, 6.07) is 17.7. The Labute approximate surface area is 172 Å². The number of piperidine rings is 1. The van der Waals surface area contributed by atoms with Crippen LogP contribution in [0.15, 0.2) is 54.6 Å². The predicted octanol–water partition coefficient (Wildman–Crippen LogP) is 3.88. The van der Waals surface area contributed by atoms with E-state index in [-0.39, 0.29) is 23.7 Å². The lowest BCUT2D eigenvalue weighted by Crippen LogP contribution is -2.44. The number of likely N-dealkylation sites (tertiary alicyclic amines) is 1. The van der Waals surface area contributed by atoms with E-state index in [9.17, 15) is 9.59 Å². The number of hydrogen-bond donors (Lipinski definition) is 0. The summed E-state index contributed by atoms with van der Waals surface area (Å²) in [5.74, 6) is 1.39. The zero-order valence-corrected chi connectivity index (χ0v) is 16.9. The van der Waals surface area contributed by atoms with Crippen molar-refractivity contribution in [1.29, 1.82) is 0 Å². The molecule has 0 atom stereocenters. The summed E-state index contributed by atoms with van der Waals surface area (Å²) >= 11 is 0. The molecule has 0 N–H and O–H groups in total. The van der Waals surface area contributed by atoms with E-state index in [0.29, 0.717) is 19.6 Å². The molecular formula is C24H28N2O3. The molecule has 1 saturated carbocycles. The van der Waals surface area contributed by atoms with Gasteiger partial charge in [-0.15, -0.1) is 0 Å². The molecule has 0 bridgehead atoms. The van der Waals surface area contributed by atoms with Crippen LogP contribution in [0.1, 0.15) is 31.2 Å². The Morgan fingerprint density at radius 3 is 2.17 bits per heavy atom. The number of nitrogens with zero attached hydrogens (tertiary/aromatic N) is 2. The lowest BCUT2D eigenvalue weighted by molar-refractivity contribution is -0.136. The zero-order chi connectivity index (χ0) is 20.2. The number of anilines is 1. The number of methoxy groups -OCH3 is 1. The number of hydrogen-bond acceptors (Lipinski definition) is 3. The summed E-state index contributed by atoms with van der Waals surface area (Å²) in [5.41, 5.74) is 1.97. The van der Waals surface area contributed by atoms with Crippen LogP contribution in [0.4, 0.5) is 5.69 Å². The number of benzene rings is 2. The lowest BCUT2D eigenvalue weighted by Gasteiger charge is -2.34. The highest BCUT2D eigenvalue weighted by Crippen LogP contribution is 2.33. The molecule has 2 aromatic carbocycles. The van der Waals surface area contributed by atoms with Gasteiger partial charge in [0.2, 0.25) is 11.8 Å². The van der Waals surface area contributed by atoms with Gasteiger partial charge in [0, 0.05) is 30.6 Å². The number of carbonyl (C=O) groups is 2. The van der Waals surface area contributed by atoms with Gasteiger partial charge in [-0.2, -0.15) is 0 Å². The van der Waals surface area contributed by atoms with Gasteiger partial charge in [0.25, 0.3) is 0 Å². The summed E-state index contributed by atoms with van der Waals surface area (Å²) in [4.78, 5) is 29.6. The average molecular weight is 392 g/mol. The molecule has 0 spiro atoms. The number of carbonyl (C=O) groups excluding carboxylic acids is 2. The molecule has 5 nitrogen and oxygen atoms in total. The Kier molecular flexibility index (Phi) is 5.84. The summed E-state index contributed by atoms with van der Waals surface area (Å²) in [5, 5.41) is 0. The molecule has 29 heavy (non-hydrogen) atoms. The van der Waals surface area contributed by atoms with Crippen LogP contribution in [0, 0.1) is 11.8 Å². The van der Waals surface area contributed by atoms with E-state index in [1.807, 2.05) is 64.4 Å². The average Bonchev–Trinajstić information content (AvgIpc) is 3.63. The van der Waals surface area contributed by atoms with Crippen molar-refractivity contribution in [2.75, 3.05) is 25.1 Å². The van der Waals surface area contributed by atoms with E-state index in [2.05, 4.69) is 0 Å². The minimum absolute atomic E-state index is 0.0518. The number of amides is 2. The van der Waals surface area contributed by atoms with Crippen LogP contribution in [0.2, 0.25) is 0 Å². The molecule has 1 aliphatic carbocycles. The minimum atomic E-state index is -0.0518. The maximum absolute atomic E-state index is 13.5. The minimum Gasteiger partial charge on any atom is -0.497 e. The monoisotopic (exact) mass is 392 g/mol. The van der Waals surface area contributed by atoms with E-state index in [4.69, 9.17) is 4.74 Å². The molecule has 2 aromatic rings. The molecule has 0 aromatic heterocycles. The van der Waals surface area contributed by atoms with Gasteiger partial charge in [-0.05, 0) is 55.5 Å². The van der Waals surface area contributed by atoms with Crippen LogP contribution in [0.5, 0.6) is 5.75 Å². The molecule has 1 aliphatic heterocycles. The smallest absolute Gasteiger partial charge is 0.230 e. The van der Waals surface area contributed by atoms with Crippen molar-refractivity contribution in [3.8, 4) is 5.75 Å². The molecule has 4 rings (SSSR count). The van der Waals surface area contributed by atoms with Crippen molar-refractivity contribution >= 4 is 17.5 Å². The third kappa shape index (κ3) is 4.61. The van der Waals surface area contributed by atoms with Gasteiger partial charge in [0.1, 0.15) is 5.75 Å². The van der Waals surface area contributed by atoms with Gasteiger partial charge in [-0.25, -0.2) is 0 Å². The Morgan fingerprint density at radius 2 is 1.59 bits per heavy atom. The largest absolute Gasteiger partial charge is 0.497 e. The van der Waals surface area contributed by atoms with Crippen molar-refractivity contribution in [2.24, 2.45) is 11.8 Å². The molecule has 0 unspecified atom stereocenters. The Balaban J connectivity index is 1.48. The highest BCUT2D eigenvalue weighted by molar-refractivity contribution is 5.95. The molecule has 2 amide bonds. The third-order valence-corrected chi connectivity index (χ3v) is 5.92. The Hall–Kier alpha value is -2.82. The maximum atomic E-state index is 13.5. The van der Waals surface area contributed by atoms with Gasteiger partial charge in [0.15, 0.2) is 0 Å². The fraction of sp³-hybridized carbons (Fsp3) is 0.417. The molecule has 0 radical (unpaired) electrons. The summed E-state index contributed by atoms with van der Waals surface area (Å²) in [6.45, 7) is 1.91. The third-order valence-electron chi connectivity index (χ3n) is 5.92. The summed E-state index contributed by atoms with van der Waals surface area (Å²) < 4.78 is 5.26. The number of rotatable bonds is 6. The predicted molar refractivity (Wildman–Crippen MR) is 113 cm³/mol. The van der Waals surface area contributed by atoms with Gasteiger partial charge in [0.05, 0.1) is 13.7 Å². The number of ether oxygens (including phenoxy) is 1. The SMILES string of the molecule is COc1ccc(N(Cc2ccccc2)C(=O)C2CCN(C(=O)C3CC3)CC2)cc1. The molecule has 152 valence electrons. The maximum Gasteiger partial charge on any atom is 0.230 e. The van der Waals surface area contributed by atoms with E-state index in [1.54, 1.807) is 7.11 Å². The first-order valence-electron chi connectivity index (χ1n) is 10.4. The molecule has 2 fully saturated rings. The van der Waals surface area contributed by atoms with Crippen LogP contribution in [0.25, 0.3) is 0 Å². The zero-order valence-electron chi connectivity index (χ0n) is 16.9. The molecular weight excluding hydrogens is 364 g/mol. The molecule has 1 heterocycles. The first kappa shape index (κ1) is 19.5. The second-order valence-electron chi connectivity index (χ2n) is 7.98. The van der Waals surface area contributed by atoms with Gasteiger partial charge < -0.3 is 14.5 Å². The second kappa shape index (κ2) is 8.68. The topological polar surface area (TPSA) is 49.9 Å². The molecule has 2 aliphatic rings. The van der Waals surface area contributed by atoms with Gasteiger partial charge in [-0.3, -0.25) is 9.59 Å². The van der Waals surface area contributed by atoms with Crippen molar-refractivity contribution < 1.29 is 14.3 Å². The first-order valence-corrected chi connectivity index (χ1v) is 10.4. The molecule has 1 saturated heterocycles. The van der Waals surface area contributed by atoms with Gasteiger partial charge in [-0.1, -0.05) is 30.3 Å². The van der Waals surface area contributed by atoms with E-state index >= 15 is 0 Å². The van der Waals surface area contributed by atoms with Crippen molar-refractivity contribution in [1.82, 2.24) is 4.90 Å². The van der Waals surface area contributed by atoms with Crippen molar-refractivity contribution in [3.05, 3.63) is 60.2 Å². The summed E-state index contributed by atoms with van der Waals surface area (Å²) in [6.07, 6.45) is 3.53. The first-order chi connectivity index (χ1) is 14.2. The van der Waals surface area contributed by atoms with Crippen LogP contribution in [-0.4, -0.2) is 36.9 Å². The van der Waals surface area contributed by atoms with Crippen molar-refractivity contribution in [2.45, 2.75) is 32.2 Å². The Bertz CT molecular complexity index is 838. The van der Waals surface area contributed by atoms with E-state index < -0.39 is 0 Å². The Morgan fingerprint density at radius 1 is 0.931 bits per heavy atom. The summed E-state index contributed by atoms with van der Waals surface area (Å²) in [7, 11) is 1.64. The molecule has 5 heteroatoms. The van der Waals surface area contributed by atoms with Gasteiger partial charge >= 0.3 is 0 Å². The van der Waals surface area contributed by atoms with E-state index in [0.717, 1.165) is 42.7 Å². The lowest BCUT2D eigenvalue weighted by atomic mass is 9.94. The van der Waals surface area contributed by atoms with Crippen LogP contribution in [0.3, 0.4) is 0 Å². The quantitative estimate of drug-likeness (QED) is 0.750. The highest BCUT2D eigenvalue weighted by atomic mass is 16.5. The second-order valence-corrected chi connectivity index (χ2v) is 7.98. The van der Waals surface area contributed by atoms with Crippen LogP contribution < -0.4 is 9.64 Å². The van der Waals surface area contributed by atoms with E-state index in [1.165, 1.54) is 0 Å². The van der Waals surface area contributed by atoms with Crippen LogP contribution >= 0.6 is 0 Å². The highest BCUT2D eigenvalue weighted by Gasteiger charge is 2.36. The standard InChI is InChI=1S/C24H28N2O3/c1-29-22-11-9-21(10-12-22)26(17-18-5-3-2-4-6-18)24(28)20-13-15-25(16-14-20)23(27)19-7-8-19/h2-6,9-12,19-20H,7-8,13-17H2,1H3. The van der Waals surface area contributed by atoms with Crippen LogP contribution in [-0.2, 0) is 16.1 Å². The fourth-order valence-corrected chi connectivity index (χ4v) is 3.98.